The third kappa shape index (κ3) is 4.09. The molecule has 1 fully saturated rings. The first-order valence-corrected chi connectivity index (χ1v) is 9.54. The van der Waals surface area contributed by atoms with E-state index in [4.69, 9.17) is 10.3 Å². The van der Waals surface area contributed by atoms with Crippen LogP contribution < -0.4 is 5.73 Å². The van der Waals surface area contributed by atoms with E-state index in [1.165, 1.54) is 0 Å². The van der Waals surface area contributed by atoms with Crippen LogP contribution in [0.5, 0.6) is 0 Å². The maximum Gasteiger partial charge on any atom is 0.239 e. The summed E-state index contributed by atoms with van der Waals surface area (Å²) in [4.78, 5) is 23.3. The number of pyridine rings is 1. The summed E-state index contributed by atoms with van der Waals surface area (Å²) in [5, 5.41) is 4.04. The van der Waals surface area contributed by atoms with E-state index < -0.39 is 6.04 Å². The van der Waals surface area contributed by atoms with Crippen LogP contribution in [0.4, 0.5) is 0 Å². The van der Waals surface area contributed by atoms with Crippen LogP contribution in [-0.4, -0.2) is 45.1 Å². The van der Waals surface area contributed by atoms with Crippen molar-refractivity contribution in [3.05, 3.63) is 66.2 Å². The Morgan fingerprint density at radius 3 is 2.61 bits per heavy atom. The van der Waals surface area contributed by atoms with Gasteiger partial charge in [-0.3, -0.25) is 9.78 Å². The smallest absolute Gasteiger partial charge is 0.239 e. The molecule has 1 saturated heterocycles. The first kappa shape index (κ1) is 18.3. The Labute approximate surface area is 163 Å². The Morgan fingerprint density at radius 2 is 1.89 bits per heavy atom. The molecule has 1 aliphatic rings. The zero-order chi connectivity index (χ0) is 19.3. The normalized spacial score (nSPS) is 16.1. The van der Waals surface area contributed by atoms with E-state index in [-0.39, 0.29) is 11.8 Å². The van der Waals surface area contributed by atoms with Crippen LogP contribution in [0.3, 0.4) is 0 Å². The SMILES string of the molecule is NC(Cc1ccccc1)C(=O)N1CCC(c2nc(-c3ccccn3)no2)CC1. The van der Waals surface area contributed by atoms with E-state index in [9.17, 15) is 4.79 Å². The molecule has 1 aromatic carbocycles. The van der Waals surface area contributed by atoms with Crippen LogP contribution >= 0.6 is 0 Å². The van der Waals surface area contributed by atoms with Crippen LogP contribution in [-0.2, 0) is 11.2 Å². The predicted molar refractivity (Wildman–Crippen MR) is 104 cm³/mol. The number of aromatic nitrogens is 3. The summed E-state index contributed by atoms with van der Waals surface area (Å²) < 4.78 is 5.45. The van der Waals surface area contributed by atoms with Gasteiger partial charge in [0, 0.05) is 25.2 Å². The third-order valence-corrected chi connectivity index (χ3v) is 5.11. The van der Waals surface area contributed by atoms with Crippen molar-refractivity contribution in [2.45, 2.75) is 31.2 Å². The molecule has 28 heavy (non-hydrogen) atoms. The Hall–Kier alpha value is -3.06. The number of likely N-dealkylation sites (tertiary alicyclic amines) is 1. The lowest BCUT2D eigenvalue weighted by Gasteiger charge is -2.32. The summed E-state index contributed by atoms with van der Waals surface area (Å²) in [7, 11) is 0. The summed E-state index contributed by atoms with van der Waals surface area (Å²) in [6, 6.07) is 14.9. The van der Waals surface area contributed by atoms with Crippen molar-refractivity contribution in [2.75, 3.05) is 13.1 Å². The molecular weight excluding hydrogens is 354 g/mol. The number of piperidine rings is 1. The van der Waals surface area contributed by atoms with Crippen LogP contribution in [0.15, 0.2) is 59.3 Å². The Kier molecular flexibility index (Phi) is 5.43. The molecule has 4 rings (SSSR count). The zero-order valence-corrected chi connectivity index (χ0v) is 15.6. The van der Waals surface area contributed by atoms with Gasteiger partial charge < -0.3 is 15.2 Å². The second kappa shape index (κ2) is 8.31. The molecule has 0 aliphatic carbocycles. The lowest BCUT2D eigenvalue weighted by atomic mass is 9.95. The highest BCUT2D eigenvalue weighted by Crippen LogP contribution is 2.28. The minimum atomic E-state index is -0.516. The van der Waals surface area contributed by atoms with Gasteiger partial charge in [0.25, 0.3) is 0 Å². The van der Waals surface area contributed by atoms with Gasteiger partial charge in [-0.1, -0.05) is 41.6 Å². The standard InChI is InChI=1S/C21H23N5O2/c22-17(14-15-6-2-1-3-7-15)21(27)26-12-9-16(10-13-26)20-24-19(25-28-20)18-8-4-5-11-23-18/h1-8,11,16-17H,9-10,12-14,22H2. The van der Waals surface area contributed by atoms with Gasteiger partial charge in [0.1, 0.15) is 5.69 Å². The zero-order valence-electron chi connectivity index (χ0n) is 15.6. The molecule has 1 aliphatic heterocycles. The molecular formula is C21H23N5O2. The predicted octanol–water partition coefficient (Wildman–Crippen LogP) is 2.41. The van der Waals surface area contributed by atoms with Gasteiger partial charge in [-0.15, -0.1) is 0 Å². The number of hydrogen-bond donors (Lipinski definition) is 1. The van der Waals surface area contributed by atoms with Gasteiger partial charge in [-0.2, -0.15) is 4.98 Å². The molecule has 7 nitrogen and oxygen atoms in total. The van der Waals surface area contributed by atoms with Gasteiger partial charge in [0.15, 0.2) is 0 Å². The highest BCUT2D eigenvalue weighted by atomic mass is 16.5. The minimum Gasteiger partial charge on any atom is -0.341 e. The first-order chi connectivity index (χ1) is 13.7. The van der Waals surface area contributed by atoms with E-state index in [2.05, 4.69) is 15.1 Å². The second-order valence-corrected chi connectivity index (χ2v) is 7.07. The van der Waals surface area contributed by atoms with Crippen LogP contribution in [0.1, 0.15) is 30.2 Å². The van der Waals surface area contributed by atoms with Crippen molar-refractivity contribution in [2.24, 2.45) is 5.73 Å². The first-order valence-electron chi connectivity index (χ1n) is 9.54. The highest BCUT2D eigenvalue weighted by molar-refractivity contribution is 5.82. The molecule has 1 amide bonds. The Morgan fingerprint density at radius 1 is 1.14 bits per heavy atom. The van der Waals surface area contributed by atoms with Gasteiger partial charge in [0.05, 0.1) is 6.04 Å². The van der Waals surface area contributed by atoms with Gasteiger partial charge in [-0.05, 0) is 37.0 Å². The molecule has 7 heteroatoms. The lowest BCUT2D eigenvalue weighted by molar-refractivity contribution is -0.133. The second-order valence-electron chi connectivity index (χ2n) is 7.07. The van der Waals surface area contributed by atoms with Crippen molar-refractivity contribution in [3.8, 4) is 11.5 Å². The maximum atomic E-state index is 12.7. The molecule has 3 heterocycles. The Balaban J connectivity index is 1.33. The Bertz CT molecular complexity index is 905. The highest BCUT2D eigenvalue weighted by Gasteiger charge is 2.29. The fourth-order valence-electron chi connectivity index (χ4n) is 3.54. The molecule has 2 aromatic heterocycles. The van der Waals surface area contributed by atoms with Crippen molar-refractivity contribution in [1.29, 1.82) is 0 Å². The monoisotopic (exact) mass is 377 g/mol. The average Bonchev–Trinajstić information content (AvgIpc) is 3.25. The number of amides is 1. The van der Waals surface area contributed by atoms with E-state index in [1.807, 2.05) is 53.4 Å². The topological polar surface area (TPSA) is 98.1 Å². The lowest BCUT2D eigenvalue weighted by Crippen LogP contribution is -2.47. The van der Waals surface area contributed by atoms with E-state index >= 15 is 0 Å². The summed E-state index contributed by atoms with van der Waals surface area (Å²) in [6.07, 6.45) is 3.83. The molecule has 0 bridgehead atoms. The average molecular weight is 377 g/mol. The quantitative estimate of drug-likeness (QED) is 0.733. The van der Waals surface area contributed by atoms with Gasteiger partial charge in [-0.25, -0.2) is 0 Å². The molecule has 1 atom stereocenters. The number of carbonyl (C=O) groups excluding carboxylic acids is 1. The van der Waals surface area contributed by atoms with E-state index in [1.54, 1.807) is 6.20 Å². The van der Waals surface area contributed by atoms with Crippen LogP contribution in [0, 0.1) is 0 Å². The van der Waals surface area contributed by atoms with Crippen molar-refractivity contribution < 1.29 is 9.32 Å². The molecule has 2 N–H and O–H groups in total. The van der Waals surface area contributed by atoms with Crippen LogP contribution in [0.25, 0.3) is 11.5 Å². The van der Waals surface area contributed by atoms with Crippen molar-refractivity contribution >= 4 is 5.91 Å². The molecule has 0 saturated carbocycles. The minimum absolute atomic E-state index is 0.00186. The summed E-state index contributed by atoms with van der Waals surface area (Å²) in [6.45, 7) is 1.29. The fourth-order valence-corrected chi connectivity index (χ4v) is 3.54. The molecule has 3 aromatic rings. The number of nitrogens with zero attached hydrogens (tertiary/aromatic N) is 4. The fraction of sp³-hybridized carbons (Fsp3) is 0.333. The maximum absolute atomic E-state index is 12.7. The van der Waals surface area contributed by atoms with Crippen molar-refractivity contribution in [3.63, 3.8) is 0 Å². The largest absolute Gasteiger partial charge is 0.341 e. The summed E-state index contributed by atoms with van der Waals surface area (Å²) in [5.74, 6) is 1.27. The third-order valence-electron chi connectivity index (χ3n) is 5.11. The molecule has 1 unspecified atom stereocenters. The van der Waals surface area contributed by atoms with Crippen molar-refractivity contribution in [1.82, 2.24) is 20.0 Å². The number of benzene rings is 1. The molecule has 144 valence electrons. The van der Waals surface area contributed by atoms with Gasteiger partial charge in [0.2, 0.25) is 17.6 Å². The number of carbonyl (C=O) groups is 1. The molecule has 0 spiro atoms. The van der Waals surface area contributed by atoms with E-state index in [0.29, 0.717) is 36.9 Å². The number of hydrogen-bond acceptors (Lipinski definition) is 6. The molecule has 0 radical (unpaired) electrons. The van der Waals surface area contributed by atoms with Crippen LogP contribution in [0.2, 0.25) is 0 Å². The summed E-state index contributed by atoms with van der Waals surface area (Å²) in [5.41, 5.74) is 7.92. The number of rotatable bonds is 5. The number of nitrogens with two attached hydrogens (primary N) is 1. The van der Waals surface area contributed by atoms with E-state index in [0.717, 1.165) is 18.4 Å². The summed E-state index contributed by atoms with van der Waals surface area (Å²) >= 11 is 0. The van der Waals surface area contributed by atoms with Gasteiger partial charge >= 0.3 is 0 Å².